The summed E-state index contributed by atoms with van der Waals surface area (Å²) in [6, 6.07) is 78.4. The molecule has 9 aromatic rings. The Bertz CT molecular complexity index is 3470. The molecule has 0 aromatic heterocycles. The fraction of sp³-hybridized carbons (Fsp3) is 0.0909. The summed E-state index contributed by atoms with van der Waals surface area (Å²) < 4.78 is 0. The fourth-order valence-corrected chi connectivity index (χ4v) is 11.5. The first-order valence-electron chi connectivity index (χ1n) is 23.6. The normalized spacial score (nSPS) is 17.6. The number of rotatable bonds is 8. The predicted molar refractivity (Wildman–Crippen MR) is 284 cm³/mol. The molecule has 0 heterocycles. The average Bonchev–Trinajstić information content (AvgIpc) is 3.62. The first-order valence-corrected chi connectivity index (χ1v) is 23.6. The molecule has 0 fully saturated rings. The molecule has 0 N–H and O–H groups in total. The van der Waals surface area contributed by atoms with Crippen molar-refractivity contribution in [1.82, 2.24) is 0 Å². The van der Waals surface area contributed by atoms with Crippen LogP contribution in [0.5, 0.6) is 0 Å². The van der Waals surface area contributed by atoms with Crippen LogP contribution in [0, 0.1) is 5.41 Å². The topological polar surface area (TPSA) is 3.24 Å². The summed E-state index contributed by atoms with van der Waals surface area (Å²) in [4.78, 5) is 2.47. The summed E-state index contributed by atoms with van der Waals surface area (Å²) in [6.45, 7) is 7.15. The molecule has 1 heteroatoms. The monoisotopic (exact) mass is 857 g/mol. The van der Waals surface area contributed by atoms with Crippen molar-refractivity contribution in [2.45, 2.75) is 32.1 Å². The lowest BCUT2D eigenvalue weighted by atomic mass is 9.59. The second-order valence-electron chi connectivity index (χ2n) is 19.0. The number of hydrogen-bond acceptors (Lipinski definition) is 1. The fourth-order valence-electron chi connectivity index (χ4n) is 11.5. The highest BCUT2D eigenvalue weighted by atomic mass is 15.1. The zero-order valence-electron chi connectivity index (χ0n) is 38.2. The van der Waals surface area contributed by atoms with Crippen LogP contribution in [0.2, 0.25) is 0 Å². The van der Waals surface area contributed by atoms with Gasteiger partial charge in [0.15, 0.2) is 0 Å². The molecule has 12 rings (SSSR count). The van der Waals surface area contributed by atoms with Gasteiger partial charge in [-0.1, -0.05) is 239 Å². The van der Waals surface area contributed by atoms with E-state index < -0.39 is 0 Å². The van der Waals surface area contributed by atoms with Crippen LogP contribution in [0.4, 0.5) is 17.1 Å². The van der Waals surface area contributed by atoms with E-state index in [0.717, 1.165) is 17.1 Å². The van der Waals surface area contributed by atoms with Crippen LogP contribution in [0.15, 0.2) is 254 Å². The second kappa shape index (κ2) is 16.2. The highest BCUT2D eigenvalue weighted by Crippen LogP contribution is 2.58. The van der Waals surface area contributed by atoms with Gasteiger partial charge in [-0.15, -0.1) is 0 Å². The third-order valence-electron chi connectivity index (χ3n) is 15.0. The SMILES string of the molecule is CC1(C)c2ccccc2-c2c(-c3ccc(N(c4ccc(-c5ccc(-c6cccc7ccccc67)cc5)cc4)c4ccccc4C4C=CC=C5C=CC=C(c6ccccc6)C54C)cc3)cccc21. The molecule has 2 atom stereocenters. The number of fused-ring (bicyclic) bond motifs is 5. The maximum atomic E-state index is 2.47. The third kappa shape index (κ3) is 6.68. The average molecular weight is 858 g/mol. The van der Waals surface area contributed by atoms with Gasteiger partial charge in [-0.2, -0.15) is 0 Å². The van der Waals surface area contributed by atoms with Gasteiger partial charge < -0.3 is 4.90 Å². The lowest BCUT2D eigenvalue weighted by molar-refractivity contribution is 0.478. The smallest absolute Gasteiger partial charge is 0.0500 e. The Morgan fingerprint density at radius 2 is 0.985 bits per heavy atom. The van der Waals surface area contributed by atoms with Gasteiger partial charge in [-0.25, -0.2) is 0 Å². The molecule has 3 aliphatic carbocycles. The van der Waals surface area contributed by atoms with E-state index in [4.69, 9.17) is 0 Å². The second-order valence-corrected chi connectivity index (χ2v) is 19.0. The van der Waals surface area contributed by atoms with Gasteiger partial charge in [0, 0.05) is 33.8 Å². The van der Waals surface area contributed by atoms with Crippen LogP contribution in [0.25, 0.3) is 60.9 Å². The predicted octanol–water partition coefficient (Wildman–Crippen LogP) is 17.9. The summed E-state index contributed by atoms with van der Waals surface area (Å²) >= 11 is 0. The molecule has 0 amide bonds. The molecule has 0 spiro atoms. The van der Waals surface area contributed by atoms with Crippen molar-refractivity contribution in [3.05, 3.63) is 277 Å². The Hall–Kier alpha value is -8.00. The Labute approximate surface area is 395 Å². The van der Waals surface area contributed by atoms with E-state index in [9.17, 15) is 0 Å². The molecule has 0 bridgehead atoms. The molecule has 0 saturated carbocycles. The number of benzene rings is 9. The van der Waals surface area contributed by atoms with Crippen molar-refractivity contribution in [3.8, 4) is 44.5 Å². The number of anilines is 3. The van der Waals surface area contributed by atoms with Crippen LogP contribution in [0.1, 0.15) is 48.9 Å². The Kier molecular flexibility index (Phi) is 9.77. The van der Waals surface area contributed by atoms with E-state index in [1.807, 2.05) is 0 Å². The van der Waals surface area contributed by atoms with Gasteiger partial charge in [-0.3, -0.25) is 0 Å². The van der Waals surface area contributed by atoms with Crippen molar-refractivity contribution < 1.29 is 0 Å². The molecular formula is C66H51N. The van der Waals surface area contributed by atoms with Crippen LogP contribution < -0.4 is 4.90 Å². The first-order chi connectivity index (χ1) is 32.9. The molecule has 1 nitrogen and oxygen atoms in total. The summed E-state index contributed by atoms with van der Waals surface area (Å²) in [5.74, 6) is 0.0664. The van der Waals surface area contributed by atoms with Crippen molar-refractivity contribution in [1.29, 1.82) is 0 Å². The summed E-state index contributed by atoms with van der Waals surface area (Å²) in [5, 5.41) is 2.53. The third-order valence-corrected chi connectivity index (χ3v) is 15.0. The standard InChI is InChI=1S/C66H51N/c1-65(2)60-28-11-9-25-58(60)64-56(27-16-31-62(64)65)49-39-43-53(44-40-49)67(52-41-37-46(38-42-52)45-33-35-48(36-34-45)55-26-13-20-47-17-7-8-23-54(47)55)63-32-12-10-24-57(63)61-30-15-22-51-21-14-29-59(66(51,61)3)50-18-5-4-6-19-50/h4-44,61H,1-3H3. The largest absolute Gasteiger partial charge is 0.310 e. The van der Waals surface area contributed by atoms with E-state index in [-0.39, 0.29) is 16.7 Å². The lowest BCUT2D eigenvalue weighted by Gasteiger charge is -2.44. The summed E-state index contributed by atoms with van der Waals surface area (Å²) in [5.41, 5.74) is 21.0. The number of nitrogens with zero attached hydrogens (tertiary/aromatic N) is 1. The molecule has 0 aliphatic heterocycles. The molecular weight excluding hydrogens is 807 g/mol. The maximum absolute atomic E-state index is 2.47. The lowest BCUT2D eigenvalue weighted by Crippen LogP contribution is -2.32. The minimum absolute atomic E-state index is 0.0592. The summed E-state index contributed by atoms with van der Waals surface area (Å²) in [7, 11) is 0. The van der Waals surface area contributed by atoms with Gasteiger partial charge in [0.05, 0.1) is 0 Å². The van der Waals surface area contributed by atoms with Gasteiger partial charge in [0.1, 0.15) is 0 Å². The number of hydrogen-bond donors (Lipinski definition) is 0. The van der Waals surface area contributed by atoms with E-state index in [1.165, 1.54) is 88.7 Å². The quantitative estimate of drug-likeness (QED) is 0.147. The Morgan fingerprint density at radius 1 is 0.418 bits per heavy atom. The van der Waals surface area contributed by atoms with Crippen molar-refractivity contribution in [2.24, 2.45) is 5.41 Å². The van der Waals surface area contributed by atoms with Crippen LogP contribution in [-0.2, 0) is 5.41 Å². The van der Waals surface area contributed by atoms with Crippen molar-refractivity contribution in [2.75, 3.05) is 4.90 Å². The zero-order valence-corrected chi connectivity index (χ0v) is 38.2. The molecule has 2 unspecified atom stereocenters. The summed E-state index contributed by atoms with van der Waals surface area (Å²) in [6.07, 6.45) is 13.8. The minimum atomic E-state index is -0.295. The van der Waals surface area contributed by atoms with Crippen molar-refractivity contribution >= 4 is 33.4 Å². The molecule has 0 radical (unpaired) electrons. The molecule has 0 saturated heterocycles. The number of allylic oxidation sites excluding steroid dienone is 8. The molecule has 67 heavy (non-hydrogen) atoms. The van der Waals surface area contributed by atoms with E-state index in [0.29, 0.717) is 0 Å². The molecule has 3 aliphatic rings. The maximum Gasteiger partial charge on any atom is 0.0500 e. The van der Waals surface area contributed by atoms with Gasteiger partial charge in [0.2, 0.25) is 0 Å². The van der Waals surface area contributed by atoms with Crippen LogP contribution in [0.3, 0.4) is 0 Å². The highest BCUT2D eigenvalue weighted by Gasteiger charge is 2.44. The molecule has 9 aromatic carbocycles. The zero-order chi connectivity index (χ0) is 45.1. The first kappa shape index (κ1) is 40.5. The molecule has 320 valence electrons. The van der Waals surface area contributed by atoms with Gasteiger partial charge in [0.25, 0.3) is 0 Å². The van der Waals surface area contributed by atoms with E-state index in [1.54, 1.807) is 0 Å². The Morgan fingerprint density at radius 3 is 1.78 bits per heavy atom. The minimum Gasteiger partial charge on any atom is -0.310 e. The van der Waals surface area contributed by atoms with Crippen LogP contribution in [-0.4, -0.2) is 0 Å². The van der Waals surface area contributed by atoms with E-state index in [2.05, 4.69) is 274 Å². The van der Waals surface area contributed by atoms with Gasteiger partial charge in [-0.05, 0) is 119 Å². The highest BCUT2D eigenvalue weighted by molar-refractivity contribution is 5.97. The van der Waals surface area contributed by atoms with Crippen molar-refractivity contribution in [3.63, 3.8) is 0 Å². The van der Waals surface area contributed by atoms with Gasteiger partial charge >= 0.3 is 0 Å². The van der Waals surface area contributed by atoms with Crippen LogP contribution >= 0.6 is 0 Å². The number of para-hydroxylation sites is 1. The van der Waals surface area contributed by atoms with E-state index >= 15 is 0 Å². The Balaban J connectivity index is 0.963.